The maximum Gasteiger partial charge on any atom is 0.228 e. The summed E-state index contributed by atoms with van der Waals surface area (Å²) in [6.45, 7) is 7.46. The van der Waals surface area contributed by atoms with Crippen LogP contribution in [0.5, 0.6) is 0 Å². The van der Waals surface area contributed by atoms with Gasteiger partial charge in [0.15, 0.2) is 0 Å². The molecule has 1 aliphatic carbocycles. The van der Waals surface area contributed by atoms with Gasteiger partial charge >= 0.3 is 0 Å². The van der Waals surface area contributed by atoms with Gasteiger partial charge in [-0.05, 0) is 44.2 Å². The Labute approximate surface area is 116 Å². The lowest BCUT2D eigenvalue weighted by atomic mass is 9.68. The number of carbonyl (C=O) groups excluding carboxylic acids is 1. The van der Waals surface area contributed by atoms with Crippen LogP contribution in [0.4, 0.5) is 0 Å². The van der Waals surface area contributed by atoms with E-state index < -0.39 is 5.41 Å². The highest BCUT2D eigenvalue weighted by Gasteiger charge is 2.44. The van der Waals surface area contributed by atoms with Gasteiger partial charge in [-0.25, -0.2) is 0 Å². The van der Waals surface area contributed by atoms with Crippen molar-refractivity contribution in [2.45, 2.75) is 39.5 Å². The van der Waals surface area contributed by atoms with E-state index in [2.05, 4.69) is 31.1 Å². The number of aliphatic hydroxyl groups is 1. The second-order valence-corrected chi connectivity index (χ2v) is 7.21. The van der Waals surface area contributed by atoms with Gasteiger partial charge in [0.1, 0.15) is 0 Å². The molecule has 2 N–H and O–H groups in total. The van der Waals surface area contributed by atoms with Gasteiger partial charge in [0.25, 0.3) is 0 Å². The highest BCUT2D eigenvalue weighted by atomic mass is 16.3. The van der Waals surface area contributed by atoms with Crippen LogP contribution in [0.25, 0.3) is 0 Å². The molecule has 19 heavy (non-hydrogen) atoms. The summed E-state index contributed by atoms with van der Waals surface area (Å²) in [5, 5.41) is 12.5. The number of nitrogens with zero attached hydrogens (tertiary/aromatic N) is 1. The largest absolute Gasteiger partial charge is 0.395 e. The minimum atomic E-state index is -0.470. The first-order valence-corrected chi connectivity index (χ1v) is 7.47. The topological polar surface area (TPSA) is 52.6 Å². The number of hydrogen-bond acceptors (Lipinski definition) is 3. The maximum absolute atomic E-state index is 12.2. The molecule has 0 aromatic rings. The lowest BCUT2D eigenvalue weighted by Crippen LogP contribution is -2.51. The number of amides is 1. The SMILES string of the molecule is CN1CCC(C(C)(C)CNC(=O)C2(CO)CCC2)C1. The van der Waals surface area contributed by atoms with E-state index in [1.165, 1.54) is 6.42 Å². The van der Waals surface area contributed by atoms with Crippen molar-refractivity contribution >= 4 is 5.91 Å². The van der Waals surface area contributed by atoms with Gasteiger partial charge in [0.2, 0.25) is 5.91 Å². The third-order valence-electron chi connectivity index (χ3n) is 5.30. The van der Waals surface area contributed by atoms with Crippen molar-refractivity contribution in [1.82, 2.24) is 10.2 Å². The second-order valence-electron chi connectivity index (χ2n) is 7.21. The number of carbonyl (C=O) groups is 1. The van der Waals surface area contributed by atoms with Crippen LogP contribution >= 0.6 is 0 Å². The summed E-state index contributed by atoms with van der Waals surface area (Å²) in [4.78, 5) is 14.6. The van der Waals surface area contributed by atoms with Crippen LogP contribution in [0.3, 0.4) is 0 Å². The quantitative estimate of drug-likeness (QED) is 0.789. The van der Waals surface area contributed by atoms with Gasteiger partial charge in [-0.1, -0.05) is 20.3 Å². The van der Waals surface area contributed by atoms with Crippen molar-refractivity contribution in [3.8, 4) is 0 Å². The van der Waals surface area contributed by atoms with E-state index in [1.54, 1.807) is 0 Å². The molecule has 0 aromatic heterocycles. The number of nitrogens with one attached hydrogen (secondary N) is 1. The van der Waals surface area contributed by atoms with Gasteiger partial charge in [0.05, 0.1) is 12.0 Å². The van der Waals surface area contributed by atoms with E-state index in [4.69, 9.17) is 0 Å². The molecule has 1 saturated heterocycles. The van der Waals surface area contributed by atoms with Gasteiger partial charge in [-0.3, -0.25) is 4.79 Å². The van der Waals surface area contributed by atoms with Crippen LogP contribution < -0.4 is 5.32 Å². The first-order chi connectivity index (χ1) is 8.89. The maximum atomic E-state index is 12.2. The summed E-state index contributed by atoms with van der Waals surface area (Å²) >= 11 is 0. The molecule has 0 spiro atoms. The van der Waals surface area contributed by atoms with Crippen molar-refractivity contribution in [3.05, 3.63) is 0 Å². The van der Waals surface area contributed by atoms with E-state index in [0.717, 1.165) is 32.4 Å². The van der Waals surface area contributed by atoms with Gasteiger partial charge in [-0.15, -0.1) is 0 Å². The molecule has 4 heteroatoms. The molecule has 1 heterocycles. The zero-order chi connectivity index (χ0) is 14.1. The normalized spacial score (nSPS) is 27.1. The Kier molecular flexibility index (Phi) is 4.21. The molecular formula is C15H28N2O2. The van der Waals surface area contributed by atoms with Crippen molar-refractivity contribution in [3.63, 3.8) is 0 Å². The Bertz CT molecular complexity index is 332. The summed E-state index contributed by atoms with van der Waals surface area (Å²) in [7, 11) is 2.16. The molecule has 1 atom stereocenters. The molecule has 1 aliphatic heterocycles. The molecule has 1 saturated carbocycles. The molecule has 2 aliphatic rings. The number of rotatable bonds is 5. The molecule has 110 valence electrons. The smallest absolute Gasteiger partial charge is 0.228 e. The van der Waals surface area contributed by atoms with E-state index >= 15 is 0 Å². The molecule has 4 nitrogen and oxygen atoms in total. The average Bonchev–Trinajstić information content (AvgIpc) is 2.73. The Morgan fingerprint density at radius 3 is 2.58 bits per heavy atom. The zero-order valence-electron chi connectivity index (χ0n) is 12.5. The molecule has 0 radical (unpaired) electrons. The molecular weight excluding hydrogens is 240 g/mol. The minimum Gasteiger partial charge on any atom is -0.395 e. The van der Waals surface area contributed by atoms with E-state index in [-0.39, 0.29) is 17.9 Å². The summed E-state index contributed by atoms with van der Waals surface area (Å²) in [5.74, 6) is 0.699. The minimum absolute atomic E-state index is 0.00850. The van der Waals surface area contributed by atoms with Crippen molar-refractivity contribution in [2.75, 3.05) is 33.3 Å². The monoisotopic (exact) mass is 268 g/mol. The lowest BCUT2D eigenvalue weighted by Gasteiger charge is -2.40. The molecule has 1 amide bonds. The fourth-order valence-electron chi connectivity index (χ4n) is 3.27. The van der Waals surface area contributed by atoms with Crippen LogP contribution in [0.2, 0.25) is 0 Å². The fraction of sp³-hybridized carbons (Fsp3) is 0.933. The van der Waals surface area contributed by atoms with Crippen LogP contribution in [-0.4, -0.2) is 49.2 Å². The van der Waals surface area contributed by atoms with E-state index in [1.807, 2.05) is 0 Å². The van der Waals surface area contributed by atoms with Crippen LogP contribution in [0.15, 0.2) is 0 Å². The fourth-order valence-corrected chi connectivity index (χ4v) is 3.27. The van der Waals surface area contributed by atoms with Gasteiger partial charge in [0, 0.05) is 13.1 Å². The first-order valence-electron chi connectivity index (χ1n) is 7.47. The number of aliphatic hydroxyl groups excluding tert-OH is 1. The highest BCUT2D eigenvalue weighted by molar-refractivity contribution is 5.83. The summed E-state index contributed by atoms with van der Waals surface area (Å²) in [5.41, 5.74) is -0.344. The number of likely N-dealkylation sites (tertiary alicyclic amines) is 1. The van der Waals surface area contributed by atoms with Crippen LogP contribution in [0, 0.1) is 16.7 Å². The Morgan fingerprint density at radius 2 is 2.16 bits per heavy atom. The van der Waals surface area contributed by atoms with Crippen molar-refractivity contribution < 1.29 is 9.90 Å². The average molecular weight is 268 g/mol. The van der Waals surface area contributed by atoms with Crippen LogP contribution in [-0.2, 0) is 4.79 Å². The second kappa shape index (κ2) is 5.41. The molecule has 0 aromatic carbocycles. The Hall–Kier alpha value is -0.610. The highest BCUT2D eigenvalue weighted by Crippen LogP contribution is 2.41. The summed E-state index contributed by atoms with van der Waals surface area (Å²) in [6.07, 6.45) is 3.94. The Morgan fingerprint density at radius 1 is 1.47 bits per heavy atom. The third-order valence-corrected chi connectivity index (χ3v) is 5.30. The lowest BCUT2D eigenvalue weighted by molar-refractivity contribution is -0.139. The predicted molar refractivity (Wildman–Crippen MR) is 75.8 cm³/mol. The van der Waals surface area contributed by atoms with E-state index in [9.17, 15) is 9.90 Å². The van der Waals surface area contributed by atoms with E-state index in [0.29, 0.717) is 12.5 Å². The Balaban J connectivity index is 1.85. The number of hydrogen-bond donors (Lipinski definition) is 2. The third kappa shape index (κ3) is 2.95. The van der Waals surface area contributed by atoms with Gasteiger partial charge in [-0.2, -0.15) is 0 Å². The molecule has 2 rings (SSSR count). The predicted octanol–water partition coefficient (Wildman–Crippen LogP) is 1.24. The van der Waals surface area contributed by atoms with Gasteiger partial charge < -0.3 is 15.3 Å². The summed E-state index contributed by atoms with van der Waals surface area (Å²) in [6, 6.07) is 0. The van der Waals surface area contributed by atoms with Crippen molar-refractivity contribution in [2.24, 2.45) is 16.7 Å². The standard InChI is InChI=1S/C15H28N2O2/c1-14(2,12-5-8-17(3)9-12)10-16-13(19)15(11-18)6-4-7-15/h12,18H,4-11H2,1-3H3,(H,16,19). The zero-order valence-corrected chi connectivity index (χ0v) is 12.5. The molecule has 1 unspecified atom stereocenters. The molecule has 2 fully saturated rings. The molecule has 0 bridgehead atoms. The van der Waals surface area contributed by atoms with Crippen LogP contribution in [0.1, 0.15) is 39.5 Å². The summed E-state index contributed by atoms with van der Waals surface area (Å²) < 4.78 is 0. The first kappa shape index (κ1) is 14.8. The van der Waals surface area contributed by atoms with Crippen molar-refractivity contribution in [1.29, 1.82) is 0 Å².